The van der Waals surface area contributed by atoms with Gasteiger partial charge in [-0.05, 0) is 29.8 Å². The minimum atomic E-state index is -0.667. The van der Waals surface area contributed by atoms with Crippen LogP contribution in [0.4, 0.5) is 10.7 Å². The van der Waals surface area contributed by atoms with Crippen molar-refractivity contribution in [3.63, 3.8) is 0 Å². The molecule has 0 bridgehead atoms. The molecule has 2 aromatic rings. The molecule has 0 saturated heterocycles. The van der Waals surface area contributed by atoms with E-state index in [1.165, 1.54) is 35.7 Å². The Morgan fingerprint density at radius 2 is 1.96 bits per heavy atom. The predicted octanol–water partition coefficient (Wildman–Crippen LogP) is 4.51. The molecule has 0 aliphatic rings. The number of nitrogens with one attached hydrogen (secondary N) is 1. The lowest BCUT2D eigenvalue weighted by atomic mass is 10.2. The van der Waals surface area contributed by atoms with E-state index in [0.29, 0.717) is 21.3 Å². The molecule has 116 valence electrons. The van der Waals surface area contributed by atoms with Crippen LogP contribution in [-0.2, 0) is 4.79 Å². The van der Waals surface area contributed by atoms with Gasteiger partial charge >= 0.3 is 5.00 Å². The van der Waals surface area contributed by atoms with E-state index < -0.39 is 10.8 Å². The molecule has 23 heavy (non-hydrogen) atoms. The van der Waals surface area contributed by atoms with Crippen LogP contribution in [0.2, 0.25) is 10.0 Å². The smallest absolute Gasteiger partial charge is 0.321 e. The normalized spacial score (nSPS) is 10.9. The van der Waals surface area contributed by atoms with Gasteiger partial charge in [-0.15, -0.1) is 0 Å². The number of hydrogen-bond donors (Lipinski definition) is 1. The van der Waals surface area contributed by atoms with Crippen LogP contribution in [-0.4, -0.2) is 10.8 Å². The Morgan fingerprint density at radius 3 is 2.48 bits per heavy atom. The molecule has 1 aromatic heterocycles. The Labute approximate surface area is 144 Å². The molecule has 0 fully saturated rings. The van der Waals surface area contributed by atoms with Crippen LogP contribution < -0.4 is 5.32 Å². The zero-order valence-corrected chi connectivity index (χ0v) is 13.6. The summed E-state index contributed by atoms with van der Waals surface area (Å²) in [7, 11) is 0. The largest absolute Gasteiger partial charge is 0.324 e. The van der Waals surface area contributed by atoms with Gasteiger partial charge in [0.05, 0.1) is 4.92 Å². The van der Waals surface area contributed by atoms with Gasteiger partial charge in [0.1, 0.15) is 11.6 Å². The Bertz CT molecular complexity index is 835. The summed E-state index contributed by atoms with van der Waals surface area (Å²) in [6.07, 6.45) is 1.27. The third-order valence-electron chi connectivity index (χ3n) is 2.58. The summed E-state index contributed by atoms with van der Waals surface area (Å²) >= 11 is 12.6. The second kappa shape index (κ2) is 7.24. The second-order valence-electron chi connectivity index (χ2n) is 4.26. The number of carbonyl (C=O) groups excluding carboxylic acids is 1. The van der Waals surface area contributed by atoms with Crippen LogP contribution >= 0.6 is 34.5 Å². The molecule has 9 heteroatoms. The van der Waals surface area contributed by atoms with Gasteiger partial charge in [0, 0.05) is 27.2 Å². The maximum absolute atomic E-state index is 12.1. The van der Waals surface area contributed by atoms with Crippen molar-refractivity contribution in [3.05, 3.63) is 60.9 Å². The van der Waals surface area contributed by atoms with Crippen LogP contribution in [0.25, 0.3) is 6.08 Å². The third-order valence-corrected chi connectivity index (χ3v) is 3.92. The Morgan fingerprint density at radius 1 is 1.30 bits per heavy atom. The molecule has 1 N–H and O–H groups in total. The maximum Gasteiger partial charge on any atom is 0.324 e. The molecule has 6 nitrogen and oxygen atoms in total. The highest BCUT2D eigenvalue weighted by atomic mass is 35.5. The van der Waals surface area contributed by atoms with Crippen molar-refractivity contribution in [2.45, 2.75) is 0 Å². The van der Waals surface area contributed by atoms with E-state index in [4.69, 9.17) is 28.5 Å². The molecule has 0 unspecified atom stereocenters. The molecule has 0 aliphatic carbocycles. The summed E-state index contributed by atoms with van der Waals surface area (Å²) < 4.78 is 0. The summed E-state index contributed by atoms with van der Waals surface area (Å²) in [5.74, 6) is -0.667. The number of rotatable bonds is 4. The first-order chi connectivity index (χ1) is 10.9. The number of benzene rings is 1. The zero-order valence-electron chi connectivity index (χ0n) is 11.2. The van der Waals surface area contributed by atoms with Gasteiger partial charge in [-0.2, -0.15) is 5.26 Å². The predicted molar refractivity (Wildman–Crippen MR) is 89.7 cm³/mol. The molecule has 0 atom stereocenters. The number of hydrogen-bond acceptors (Lipinski definition) is 5. The van der Waals surface area contributed by atoms with Gasteiger partial charge in [-0.25, -0.2) is 0 Å². The van der Waals surface area contributed by atoms with Crippen molar-refractivity contribution in [1.29, 1.82) is 5.26 Å². The average molecular weight is 368 g/mol. The van der Waals surface area contributed by atoms with E-state index in [1.807, 2.05) is 0 Å². The number of thiophene rings is 1. The number of anilines is 1. The van der Waals surface area contributed by atoms with Crippen molar-refractivity contribution in [1.82, 2.24) is 0 Å². The molecule has 0 saturated carbocycles. The van der Waals surface area contributed by atoms with Gasteiger partial charge in [0.15, 0.2) is 0 Å². The van der Waals surface area contributed by atoms with Gasteiger partial charge in [-0.3, -0.25) is 14.9 Å². The van der Waals surface area contributed by atoms with Crippen molar-refractivity contribution in [2.75, 3.05) is 5.32 Å². The summed E-state index contributed by atoms with van der Waals surface area (Å²) in [5, 5.41) is 24.3. The fourth-order valence-electron chi connectivity index (χ4n) is 1.65. The quantitative estimate of drug-likeness (QED) is 0.372. The van der Waals surface area contributed by atoms with Crippen LogP contribution in [0.3, 0.4) is 0 Å². The molecule has 0 spiro atoms. The minimum Gasteiger partial charge on any atom is -0.321 e. The molecule has 1 amide bonds. The lowest BCUT2D eigenvalue weighted by Gasteiger charge is -2.05. The van der Waals surface area contributed by atoms with Gasteiger partial charge < -0.3 is 5.32 Å². The standard InChI is InChI=1S/C14H7Cl2N3O3S/c15-10-3-11(16)5-12(4-10)18-14(20)9(6-17)1-8-2-13(19(21)22)23-7-8/h1-5,7H,(H,18,20)/b9-1+. The highest BCUT2D eigenvalue weighted by molar-refractivity contribution is 7.13. The van der Waals surface area contributed by atoms with Crippen LogP contribution in [0, 0.1) is 21.4 Å². The van der Waals surface area contributed by atoms with E-state index in [1.54, 1.807) is 6.07 Å². The highest BCUT2D eigenvalue weighted by Crippen LogP contribution is 2.25. The Balaban J connectivity index is 2.22. The maximum atomic E-state index is 12.1. The third kappa shape index (κ3) is 4.53. The second-order valence-corrected chi connectivity index (χ2v) is 6.02. The van der Waals surface area contributed by atoms with E-state index in [2.05, 4.69) is 5.32 Å². The fraction of sp³-hybridized carbons (Fsp3) is 0. The molecule has 1 heterocycles. The van der Waals surface area contributed by atoms with Crippen molar-refractivity contribution >= 4 is 57.2 Å². The van der Waals surface area contributed by atoms with Gasteiger partial charge in [-0.1, -0.05) is 34.5 Å². The monoisotopic (exact) mass is 367 g/mol. The summed E-state index contributed by atoms with van der Waals surface area (Å²) in [5.41, 5.74) is 0.538. The lowest BCUT2D eigenvalue weighted by Crippen LogP contribution is -2.13. The van der Waals surface area contributed by atoms with E-state index >= 15 is 0 Å². The summed E-state index contributed by atoms with van der Waals surface area (Å²) in [6.45, 7) is 0. The van der Waals surface area contributed by atoms with Crippen LogP contribution in [0.1, 0.15) is 5.56 Å². The van der Waals surface area contributed by atoms with Crippen molar-refractivity contribution in [2.24, 2.45) is 0 Å². The first-order valence-electron chi connectivity index (χ1n) is 6.01. The zero-order chi connectivity index (χ0) is 17.0. The topological polar surface area (TPSA) is 96.0 Å². The van der Waals surface area contributed by atoms with Crippen molar-refractivity contribution in [3.8, 4) is 6.07 Å². The summed E-state index contributed by atoms with van der Waals surface area (Å²) in [4.78, 5) is 22.2. The number of halogens is 2. The van der Waals surface area contributed by atoms with E-state index in [-0.39, 0.29) is 10.6 Å². The molecular weight excluding hydrogens is 361 g/mol. The first-order valence-corrected chi connectivity index (χ1v) is 7.65. The Hall–Kier alpha value is -2.40. The fourth-order valence-corrected chi connectivity index (χ4v) is 2.86. The van der Waals surface area contributed by atoms with E-state index in [9.17, 15) is 14.9 Å². The first kappa shape index (κ1) is 17.0. The van der Waals surface area contributed by atoms with Gasteiger partial charge in [0.2, 0.25) is 0 Å². The number of nitrogens with zero attached hydrogens (tertiary/aromatic N) is 2. The molecule has 1 aromatic carbocycles. The minimum absolute atomic E-state index is 0.0735. The number of nitro groups is 1. The van der Waals surface area contributed by atoms with Gasteiger partial charge in [0.25, 0.3) is 5.91 Å². The SMILES string of the molecule is N#C/C(=C\c1csc([N+](=O)[O-])c1)C(=O)Nc1cc(Cl)cc(Cl)c1. The van der Waals surface area contributed by atoms with Crippen molar-refractivity contribution < 1.29 is 9.72 Å². The van der Waals surface area contributed by atoms with Crippen LogP contribution in [0.15, 0.2) is 35.2 Å². The number of amides is 1. The highest BCUT2D eigenvalue weighted by Gasteiger charge is 2.13. The Kier molecular flexibility index (Phi) is 5.34. The molecular formula is C14H7Cl2N3O3S. The number of carbonyl (C=O) groups is 1. The molecule has 2 rings (SSSR count). The molecule has 0 aliphatic heterocycles. The lowest BCUT2D eigenvalue weighted by molar-refractivity contribution is -0.380. The molecule has 0 radical (unpaired) electrons. The van der Waals surface area contributed by atoms with Crippen LogP contribution in [0.5, 0.6) is 0 Å². The van der Waals surface area contributed by atoms with E-state index in [0.717, 1.165) is 11.3 Å². The summed E-state index contributed by atoms with van der Waals surface area (Å²) in [6, 6.07) is 7.51. The number of nitriles is 1. The average Bonchev–Trinajstić information content (AvgIpc) is 2.92.